The Morgan fingerprint density at radius 1 is 0.955 bits per heavy atom. The SMILES string of the molecule is NCCOc1ccc(-c2cccc(F)c2)cc1OC(F)(F)F. The highest BCUT2D eigenvalue weighted by Crippen LogP contribution is 2.36. The van der Waals surface area contributed by atoms with Gasteiger partial charge < -0.3 is 15.2 Å². The molecule has 22 heavy (non-hydrogen) atoms. The van der Waals surface area contributed by atoms with E-state index >= 15 is 0 Å². The van der Waals surface area contributed by atoms with Crippen LogP contribution in [0.5, 0.6) is 11.5 Å². The molecule has 0 bridgehead atoms. The molecule has 0 aliphatic rings. The molecule has 118 valence electrons. The van der Waals surface area contributed by atoms with Crippen LogP contribution in [0.4, 0.5) is 17.6 Å². The highest BCUT2D eigenvalue weighted by molar-refractivity contribution is 5.67. The van der Waals surface area contributed by atoms with E-state index in [1.165, 1.54) is 30.3 Å². The lowest BCUT2D eigenvalue weighted by Gasteiger charge is -2.15. The summed E-state index contributed by atoms with van der Waals surface area (Å²) in [6, 6.07) is 9.50. The minimum atomic E-state index is -4.86. The summed E-state index contributed by atoms with van der Waals surface area (Å²) in [6.07, 6.45) is -4.86. The van der Waals surface area contributed by atoms with Crippen LogP contribution in [0.15, 0.2) is 42.5 Å². The lowest BCUT2D eigenvalue weighted by atomic mass is 10.1. The first-order valence-electron chi connectivity index (χ1n) is 6.37. The van der Waals surface area contributed by atoms with Crippen LogP contribution in [-0.4, -0.2) is 19.5 Å². The number of hydrogen-bond donors (Lipinski definition) is 1. The fraction of sp³-hybridized carbons (Fsp3) is 0.200. The third-order valence-electron chi connectivity index (χ3n) is 2.70. The zero-order valence-electron chi connectivity index (χ0n) is 11.4. The Morgan fingerprint density at radius 3 is 2.32 bits per heavy atom. The second kappa shape index (κ2) is 6.65. The van der Waals surface area contributed by atoms with Gasteiger partial charge in [0.15, 0.2) is 11.5 Å². The first-order chi connectivity index (χ1) is 10.4. The molecular formula is C15H13F4NO2. The van der Waals surface area contributed by atoms with Gasteiger partial charge in [-0.3, -0.25) is 0 Å². The number of ether oxygens (including phenoxy) is 2. The second-order valence-corrected chi connectivity index (χ2v) is 4.36. The highest BCUT2D eigenvalue weighted by atomic mass is 19.4. The van der Waals surface area contributed by atoms with Crippen molar-refractivity contribution < 1.29 is 27.0 Å². The average molecular weight is 315 g/mol. The van der Waals surface area contributed by atoms with Gasteiger partial charge in [0.05, 0.1) is 0 Å². The molecule has 0 fully saturated rings. The summed E-state index contributed by atoms with van der Waals surface area (Å²) >= 11 is 0. The first kappa shape index (κ1) is 16.1. The van der Waals surface area contributed by atoms with Crippen LogP contribution < -0.4 is 15.2 Å². The molecule has 0 saturated heterocycles. The summed E-state index contributed by atoms with van der Waals surface area (Å²) in [5.74, 6) is -1.06. The molecule has 2 rings (SSSR count). The van der Waals surface area contributed by atoms with Crippen molar-refractivity contribution >= 4 is 0 Å². The van der Waals surface area contributed by atoms with Gasteiger partial charge in [0, 0.05) is 6.54 Å². The summed E-state index contributed by atoms with van der Waals surface area (Å²) < 4.78 is 59.7. The number of benzene rings is 2. The van der Waals surface area contributed by atoms with Gasteiger partial charge in [-0.1, -0.05) is 18.2 Å². The van der Waals surface area contributed by atoms with Crippen molar-refractivity contribution in [3.63, 3.8) is 0 Å². The molecular weight excluding hydrogens is 302 g/mol. The molecule has 0 aliphatic carbocycles. The topological polar surface area (TPSA) is 44.5 Å². The van der Waals surface area contributed by atoms with E-state index in [0.29, 0.717) is 11.1 Å². The van der Waals surface area contributed by atoms with Crippen LogP contribution in [-0.2, 0) is 0 Å². The molecule has 0 spiro atoms. The van der Waals surface area contributed by atoms with Crippen molar-refractivity contribution in [2.75, 3.05) is 13.2 Å². The Morgan fingerprint density at radius 2 is 1.68 bits per heavy atom. The van der Waals surface area contributed by atoms with Gasteiger partial charge in [0.1, 0.15) is 12.4 Å². The maximum absolute atomic E-state index is 13.2. The highest BCUT2D eigenvalue weighted by Gasteiger charge is 2.32. The van der Waals surface area contributed by atoms with Crippen molar-refractivity contribution in [1.29, 1.82) is 0 Å². The molecule has 2 aromatic rings. The number of nitrogens with two attached hydrogens (primary N) is 1. The smallest absolute Gasteiger partial charge is 0.488 e. The average Bonchev–Trinajstić information content (AvgIpc) is 2.44. The monoisotopic (exact) mass is 315 g/mol. The largest absolute Gasteiger partial charge is 0.573 e. The zero-order chi connectivity index (χ0) is 16.2. The van der Waals surface area contributed by atoms with Crippen LogP contribution in [0, 0.1) is 5.82 Å². The predicted octanol–water partition coefficient (Wildman–Crippen LogP) is 3.73. The van der Waals surface area contributed by atoms with Crippen molar-refractivity contribution in [2.45, 2.75) is 6.36 Å². The van der Waals surface area contributed by atoms with E-state index < -0.39 is 17.9 Å². The molecule has 0 atom stereocenters. The van der Waals surface area contributed by atoms with Crippen molar-refractivity contribution in [1.82, 2.24) is 0 Å². The van der Waals surface area contributed by atoms with Gasteiger partial charge in [-0.25, -0.2) is 4.39 Å². The molecule has 3 nitrogen and oxygen atoms in total. The van der Waals surface area contributed by atoms with Crippen LogP contribution in [0.3, 0.4) is 0 Å². The van der Waals surface area contributed by atoms with Crippen LogP contribution >= 0.6 is 0 Å². The van der Waals surface area contributed by atoms with Gasteiger partial charge in [-0.05, 0) is 35.4 Å². The molecule has 0 unspecified atom stereocenters. The van der Waals surface area contributed by atoms with E-state index in [1.54, 1.807) is 6.07 Å². The molecule has 7 heteroatoms. The molecule has 0 amide bonds. The van der Waals surface area contributed by atoms with Gasteiger partial charge in [-0.2, -0.15) is 0 Å². The number of halogens is 4. The molecule has 0 saturated carbocycles. The first-order valence-corrected chi connectivity index (χ1v) is 6.37. The molecule has 0 heterocycles. The van der Waals surface area contributed by atoms with Crippen LogP contribution in [0.25, 0.3) is 11.1 Å². The van der Waals surface area contributed by atoms with Crippen LogP contribution in [0.1, 0.15) is 0 Å². The van der Waals surface area contributed by atoms with Crippen LogP contribution in [0.2, 0.25) is 0 Å². The van der Waals surface area contributed by atoms with Gasteiger partial charge in [-0.15, -0.1) is 13.2 Å². The second-order valence-electron chi connectivity index (χ2n) is 4.36. The summed E-state index contributed by atoms with van der Waals surface area (Å²) in [5.41, 5.74) is 6.06. The van der Waals surface area contributed by atoms with E-state index in [-0.39, 0.29) is 18.9 Å². The van der Waals surface area contributed by atoms with E-state index in [4.69, 9.17) is 10.5 Å². The van der Waals surface area contributed by atoms with E-state index in [2.05, 4.69) is 4.74 Å². The maximum atomic E-state index is 13.2. The predicted molar refractivity (Wildman–Crippen MR) is 73.1 cm³/mol. The Hall–Kier alpha value is -2.28. The normalized spacial score (nSPS) is 11.3. The fourth-order valence-electron chi connectivity index (χ4n) is 1.85. The summed E-state index contributed by atoms with van der Waals surface area (Å²) in [7, 11) is 0. The van der Waals surface area contributed by atoms with Crippen molar-refractivity contribution in [2.24, 2.45) is 5.73 Å². The van der Waals surface area contributed by atoms with E-state index in [9.17, 15) is 17.6 Å². The number of hydrogen-bond acceptors (Lipinski definition) is 3. The number of alkyl halides is 3. The maximum Gasteiger partial charge on any atom is 0.573 e. The molecule has 2 aromatic carbocycles. The molecule has 0 aliphatic heterocycles. The molecule has 0 aromatic heterocycles. The van der Waals surface area contributed by atoms with Gasteiger partial charge >= 0.3 is 6.36 Å². The molecule has 0 radical (unpaired) electrons. The van der Waals surface area contributed by atoms with Gasteiger partial charge in [0.25, 0.3) is 0 Å². The fourth-order valence-corrected chi connectivity index (χ4v) is 1.85. The lowest BCUT2D eigenvalue weighted by molar-refractivity contribution is -0.275. The zero-order valence-corrected chi connectivity index (χ0v) is 11.4. The Balaban J connectivity index is 2.39. The van der Waals surface area contributed by atoms with Gasteiger partial charge in [0.2, 0.25) is 0 Å². The van der Waals surface area contributed by atoms with E-state index in [1.807, 2.05) is 0 Å². The third kappa shape index (κ3) is 4.36. The Labute approximate surface area is 124 Å². The summed E-state index contributed by atoms with van der Waals surface area (Å²) in [4.78, 5) is 0. The minimum Gasteiger partial charge on any atom is -0.488 e. The lowest BCUT2D eigenvalue weighted by Crippen LogP contribution is -2.18. The summed E-state index contributed by atoms with van der Waals surface area (Å²) in [6.45, 7) is 0.199. The Bertz CT molecular complexity index is 644. The Kier molecular flexibility index (Phi) is 4.87. The minimum absolute atomic E-state index is 0.0491. The molecule has 2 N–H and O–H groups in total. The van der Waals surface area contributed by atoms with Crippen molar-refractivity contribution in [3.8, 4) is 22.6 Å². The van der Waals surface area contributed by atoms with E-state index in [0.717, 1.165) is 6.07 Å². The standard InChI is InChI=1S/C15H13F4NO2/c16-12-3-1-2-10(8-12)11-4-5-13(21-7-6-20)14(9-11)22-15(17,18)19/h1-5,8-9H,6-7,20H2. The number of rotatable bonds is 5. The van der Waals surface area contributed by atoms with Crippen molar-refractivity contribution in [3.05, 3.63) is 48.3 Å². The third-order valence-corrected chi connectivity index (χ3v) is 2.70. The summed E-state index contributed by atoms with van der Waals surface area (Å²) in [5, 5.41) is 0. The quantitative estimate of drug-likeness (QED) is 0.855.